The molecule has 2 rings (SSSR count). The largest absolute Gasteiger partial charge is 0.378 e. The Morgan fingerprint density at radius 3 is 3.00 bits per heavy atom. The second kappa shape index (κ2) is 6.47. The molecule has 3 N–H and O–H groups in total. The Hall–Kier alpha value is -1.69. The van der Waals surface area contributed by atoms with Crippen LogP contribution >= 0.6 is 11.8 Å². The minimum Gasteiger partial charge on any atom is -0.378 e. The van der Waals surface area contributed by atoms with E-state index in [2.05, 4.69) is 9.98 Å². The minimum absolute atomic E-state index is 0.152. The number of hydrogen-bond acceptors (Lipinski definition) is 4. The smallest absolute Gasteiger partial charge is 0.252 e. The number of carbonyl (C=O) groups excluding carboxylic acids is 1. The van der Waals surface area contributed by atoms with E-state index in [9.17, 15) is 4.79 Å². The summed E-state index contributed by atoms with van der Waals surface area (Å²) >= 11 is 1.08. The number of thioether (sulfide) groups is 1. The summed E-state index contributed by atoms with van der Waals surface area (Å²) in [5.41, 5.74) is 6.47. The topological polar surface area (TPSA) is 92.2 Å². The average Bonchev–Trinajstić information content (AvgIpc) is 3.13. The first-order valence-electron chi connectivity index (χ1n) is 6.14. The van der Waals surface area contributed by atoms with Gasteiger partial charge in [-0.05, 0) is 48.6 Å². The first kappa shape index (κ1) is 13.7. The minimum atomic E-state index is -0.308. The highest BCUT2D eigenvalue weighted by Crippen LogP contribution is 2.34. The van der Waals surface area contributed by atoms with Crippen LogP contribution in [0, 0.1) is 11.3 Å². The van der Waals surface area contributed by atoms with Gasteiger partial charge in [0.2, 0.25) is 0 Å². The highest BCUT2D eigenvalue weighted by atomic mass is 32.2. The standard InChI is InChI=1S/C13H16N4OS/c14-11(6-9-3-4-9)19-13(15)17-12(18)7-10-2-1-5-16-8-10/h1-2,5,8-9,14H,3-4,6-7H2,(H2,15,17,18). The van der Waals surface area contributed by atoms with Crippen molar-refractivity contribution in [2.45, 2.75) is 25.7 Å². The number of carbonyl (C=O) groups is 1. The van der Waals surface area contributed by atoms with Crippen LogP contribution in [0.3, 0.4) is 0 Å². The van der Waals surface area contributed by atoms with Crippen LogP contribution in [0.2, 0.25) is 0 Å². The normalized spacial score (nSPS) is 15.3. The summed E-state index contributed by atoms with van der Waals surface area (Å²) in [4.78, 5) is 19.4. The van der Waals surface area contributed by atoms with Crippen molar-refractivity contribution in [2.24, 2.45) is 16.6 Å². The van der Waals surface area contributed by atoms with Gasteiger partial charge in [0.1, 0.15) is 0 Å². The molecule has 0 radical (unpaired) electrons. The van der Waals surface area contributed by atoms with Crippen LogP contribution in [0.15, 0.2) is 29.5 Å². The predicted molar refractivity (Wildman–Crippen MR) is 77.2 cm³/mol. The number of aliphatic imine (C=N–C) groups is 1. The van der Waals surface area contributed by atoms with Crippen molar-refractivity contribution in [3.05, 3.63) is 30.1 Å². The van der Waals surface area contributed by atoms with E-state index in [1.54, 1.807) is 18.5 Å². The number of rotatable bonds is 4. The van der Waals surface area contributed by atoms with Crippen molar-refractivity contribution < 1.29 is 4.79 Å². The molecule has 0 saturated heterocycles. The Morgan fingerprint density at radius 1 is 1.58 bits per heavy atom. The third-order valence-corrected chi connectivity index (χ3v) is 3.43. The summed E-state index contributed by atoms with van der Waals surface area (Å²) in [5.74, 6) is 0.330. The summed E-state index contributed by atoms with van der Waals surface area (Å²) in [7, 11) is 0. The van der Waals surface area contributed by atoms with Gasteiger partial charge in [-0.1, -0.05) is 6.07 Å². The van der Waals surface area contributed by atoms with Crippen molar-refractivity contribution in [1.82, 2.24) is 4.98 Å². The van der Waals surface area contributed by atoms with Gasteiger partial charge in [-0.25, -0.2) is 0 Å². The Kier molecular flexibility index (Phi) is 4.68. The lowest BCUT2D eigenvalue weighted by Crippen LogP contribution is -2.14. The molecule has 100 valence electrons. The highest BCUT2D eigenvalue weighted by molar-refractivity contribution is 8.26. The third kappa shape index (κ3) is 5.21. The lowest BCUT2D eigenvalue weighted by atomic mass is 10.2. The second-order valence-electron chi connectivity index (χ2n) is 4.55. The van der Waals surface area contributed by atoms with Gasteiger partial charge in [0.25, 0.3) is 5.91 Å². The molecule has 0 atom stereocenters. The number of nitrogens with zero attached hydrogens (tertiary/aromatic N) is 2. The molecule has 1 heterocycles. The van der Waals surface area contributed by atoms with Crippen molar-refractivity contribution in [1.29, 1.82) is 5.41 Å². The maximum Gasteiger partial charge on any atom is 0.252 e. The summed E-state index contributed by atoms with van der Waals surface area (Å²) in [6.07, 6.45) is 6.61. The zero-order valence-corrected chi connectivity index (χ0v) is 11.3. The summed E-state index contributed by atoms with van der Waals surface area (Å²) in [6.45, 7) is 0. The molecule has 1 aromatic heterocycles. The van der Waals surface area contributed by atoms with Gasteiger partial charge in [-0.15, -0.1) is 0 Å². The van der Waals surface area contributed by atoms with E-state index in [4.69, 9.17) is 11.1 Å². The molecule has 1 aliphatic carbocycles. The number of amides is 1. The third-order valence-electron chi connectivity index (χ3n) is 2.71. The molecule has 1 aliphatic rings. The molecule has 0 aromatic carbocycles. The molecular formula is C13H16N4OS. The summed E-state index contributed by atoms with van der Waals surface area (Å²) in [5, 5.41) is 8.37. The number of nitrogens with two attached hydrogens (primary N) is 1. The molecule has 1 aromatic rings. The van der Waals surface area contributed by atoms with Gasteiger partial charge in [-0.2, -0.15) is 4.99 Å². The van der Waals surface area contributed by atoms with Gasteiger partial charge in [0, 0.05) is 12.4 Å². The highest BCUT2D eigenvalue weighted by Gasteiger charge is 2.23. The molecule has 1 fully saturated rings. The molecule has 0 bridgehead atoms. The number of aromatic nitrogens is 1. The predicted octanol–water partition coefficient (Wildman–Crippen LogP) is 1.98. The van der Waals surface area contributed by atoms with E-state index in [0.717, 1.165) is 23.7 Å². The molecule has 0 unspecified atom stereocenters. The monoisotopic (exact) mass is 276 g/mol. The average molecular weight is 276 g/mol. The maximum absolute atomic E-state index is 11.7. The van der Waals surface area contributed by atoms with E-state index in [1.807, 2.05) is 6.07 Å². The molecule has 0 spiro atoms. The molecular weight excluding hydrogens is 260 g/mol. The maximum atomic E-state index is 11.7. The Labute approximate surface area is 116 Å². The fourth-order valence-corrected chi connectivity index (χ4v) is 2.33. The van der Waals surface area contributed by atoms with E-state index in [-0.39, 0.29) is 17.5 Å². The zero-order chi connectivity index (χ0) is 13.7. The number of nitrogens with one attached hydrogen (secondary N) is 1. The van der Waals surface area contributed by atoms with Gasteiger partial charge >= 0.3 is 0 Å². The first-order valence-corrected chi connectivity index (χ1v) is 6.96. The molecule has 5 nitrogen and oxygen atoms in total. The fourth-order valence-electron chi connectivity index (χ4n) is 1.61. The van der Waals surface area contributed by atoms with Crippen LogP contribution in [0.5, 0.6) is 0 Å². The number of amidine groups is 1. The van der Waals surface area contributed by atoms with Gasteiger partial charge < -0.3 is 5.73 Å². The van der Waals surface area contributed by atoms with Gasteiger partial charge in [0.05, 0.1) is 11.5 Å². The lowest BCUT2D eigenvalue weighted by molar-refractivity contribution is -0.117. The fraction of sp³-hybridized carbons (Fsp3) is 0.385. The van der Waals surface area contributed by atoms with Gasteiger partial charge in [0.15, 0.2) is 5.17 Å². The van der Waals surface area contributed by atoms with Crippen LogP contribution in [-0.4, -0.2) is 21.1 Å². The Balaban J connectivity index is 1.81. The van der Waals surface area contributed by atoms with Crippen LogP contribution in [0.1, 0.15) is 24.8 Å². The van der Waals surface area contributed by atoms with E-state index in [1.165, 1.54) is 12.8 Å². The van der Waals surface area contributed by atoms with Crippen LogP contribution in [0.4, 0.5) is 0 Å². The SMILES string of the molecule is N=C(CC1CC1)SC(N)=NC(=O)Cc1cccnc1. The number of hydrogen-bond donors (Lipinski definition) is 2. The summed E-state index contributed by atoms with van der Waals surface area (Å²) in [6, 6.07) is 3.59. The molecule has 19 heavy (non-hydrogen) atoms. The summed E-state index contributed by atoms with van der Waals surface area (Å²) < 4.78 is 0. The number of pyridine rings is 1. The van der Waals surface area contributed by atoms with Crippen LogP contribution < -0.4 is 5.73 Å². The van der Waals surface area contributed by atoms with E-state index < -0.39 is 0 Å². The van der Waals surface area contributed by atoms with E-state index >= 15 is 0 Å². The van der Waals surface area contributed by atoms with Crippen molar-refractivity contribution in [3.8, 4) is 0 Å². The Morgan fingerprint density at radius 2 is 2.37 bits per heavy atom. The van der Waals surface area contributed by atoms with Crippen molar-refractivity contribution in [2.75, 3.05) is 0 Å². The quantitative estimate of drug-likeness (QED) is 0.649. The van der Waals surface area contributed by atoms with Crippen LogP contribution in [0.25, 0.3) is 0 Å². The zero-order valence-electron chi connectivity index (χ0n) is 10.5. The van der Waals surface area contributed by atoms with Crippen LogP contribution in [-0.2, 0) is 11.2 Å². The Bertz CT molecular complexity index is 497. The first-order chi connectivity index (χ1) is 9.13. The second-order valence-corrected chi connectivity index (χ2v) is 5.67. The van der Waals surface area contributed by atoms with Gasteiger partial charge in [-0.3, -0.25) is 15.2 Å². The molecule has 1 amide bonds. The molecule has 0 aliphatic heterocycles. The van der Waals surface area contributed by atoms with Crippen molar-refractivity contribution in [3.63, 3.8) is 0 Å². The molecule has 1 saturated carbocycles. The lowest BCUT2D eigenvalue weighted by Gasteiger charge is -2.01. The molecule has 6 heteroatoms. The van der Waals surface area contributed by atoms with E-state index in [0.29, 0.717) is 11.0 Å². The van der Waals surface area contributed by atoms with Crippen molar-refractivity contribution >= 4 is 27.9 Å².